The predicted octanol–water partition coefficient (Wildman–Crippen LogP) is 15.2. The second-order valence-electron chi connectivity index (χ2n) is 20.5. The van der Waals surface area contributed by atoms with Crippen molar-refractivity contribution in [1.29, 1.82) is 0 Å². The molecule has 6 aliphatic rings. The van der Waals surface area contributed by atoms with Crippen LogP contribution in [0, 0.1) is 5.92 Å². The summed E-state index contributed by atoms with van der Waals surface area (Å²) < 4.78 is 0. The Kier molecular flexibility index (Phi) is 7.14. The molecule has 5 aliphatic carbocycles. The number of hydrogen-bond acceptors (Lipinski definition) is 1. The standard InChI is InChI=1S/C58H57N/c1-34-38-21-12-17-28-47(38)57(7)52-43-25-18-24-39(36-19-10-9-11-20-36)40(43)31-32-49(52)59(37-29-30-42-41-22-13-15-26-45(41)55(3,4)48(42)33-37)58(8)53-44-23-14-16-27-46(44)56(5,6)51(53)35(2)50(34)54(57)58/h12-18,21-36H,9-11,19-20H2,1-8H3. The number of hydrogen-bond donors (Lipinski definition) is 0. The summed E-state index contributed by atoms with van der Waals surface area (Å²) in [4.78, 5) is 2.87. The van der Waals surface area contributed by atoms with Gasteiger partial charge in [0.05, 0.1) is 5.54 Å². The second kappa shape index (κ2) is 11.8. The van der Waals surface area contributed by atoms with Crippen LogP contribution in [-0.2, 0) is 16.2 Å². The van der Waals surface area contributed by atoms with Gasteiger partial charge in [-0.1, -0.05) is 170 Å². The highest BCUT2D eigenvalue weighted by atomic mass is 15.2. The van der Waals surface area contributed by atoms with Crippen molar-refractivity contribution in [3.05, 3.63) is 183 Å². The van der Waals surface area contributed by atoms with Crippen molar-refractivity contribution in [2.75, 3.05) is 4.90 Å². The molecule has 1 heterocycles. The summed E-state index contributed by atoms with van der Waals surface area (Å²) in [5, 5.41) is 2.90. The molecule has 1 aliphatic heterocycles. The van der Waals surface area contributed by atoms with Crippen LogP contribution in [0.3, 0.4) is 0 Å². The van der Waals surface area contributed by atoms with Crippen LogP contribution in [0.25, 0.3) is 27.5 Å². The zero-order chi connectivity index (χ0) is 40.4. The maximum Gasteiger partial charge on any atom is 0.0908 e. The van der Waals surface area contributed by atoms with Crippen LogP contribution >= 0.6 is 0 Å². The van der Waals surface area contributed by atoms with E-state index in [2.05, 4.69) is 182 Å². The Labute approximate surface area is 351 Å². The van der Waals surface area contributed by atoms with Gasteiger partial charge in [-0.25, -0.2) is 0 Å². The molecule has 59 heavy (non-hydrogen) atoms. The zero-order valence-corrected chi connectivity index (χ0v) is 36.3. The van der Waals surface area contributed by atoms with Crippen LogP contribution in [0.15, 0.2) is 138 Å². The van der Waals surface area contributed by atoms with Gasteiger partial charge in [-0.2, -0.15) is 0 Å². The van der Waals surface area contributed by atoms with Crippen LogP contribution < -0.4 is 4.90 Å². The first-order valence-corrected chi connectivity index (χ1v) is 22.7. The van der Waals surface area contributed by atoms with E-state index in [-0.39, 0.29) is 16.2 Å². The molecule has 12 rings (SSSR count). The molecule has 0 N–H and O–H groups in total. The lowest BCUT2D eigenvalue weighted by molar-refractivity contribution is 0.437. The number of anilines is 2. The van der Waals surface area contributed by atoms with Crippen molar-refractivity contribution in [2.45, 2.75) is 121 Å². The van der Waals surface area contributed by atoms with Gasteiger partial charge in [0.2, 0.25) is 0 Å². The third-order valence-electron chi connectivity index (χ3n) is 17.0. The van der Waals surface area contributed by atoms with Crippen molar-refractivity contribution in [1.82, 2.24) is 0 Å². The Hall–Kier alpha value is -5.14. The van der Waals surface area contributed by atoms with Gasteiger partial charge in [-0.15, -0.1) is 0 Å². The minimum absolute atomic E-state index is 0.105. The fraction of sp³-hybridized carbons (Fsp3) is 0.345. The van der Waals surface area contributed by atoms with Gasteiger partial charge >= 0.3 is 0 Å². The van der Waals surface area contributed by atoms with E-state index in [9.17, 15) is 0 Å². The van der Waals surface area contributed by atoms with E-state index >= 15 is 0 Å². The molecule has 294 valence electrons. The molecular weight excluding hydrogens is 711 g/mol. The first kappa shape index (κ1) is 35.8. The van der Waals surface area contributed by atoms with E-state index in [1.807, 2.05) is 0 Å². The SMILES string of the molecule is CC1C2=C3C(C)(c4ccccc4C2C)c2c(ccc4c(C5CCCCC5)cccc24)N(c2ccc4c(c2)C(C)(C)c2ccccc2-4)C3(C)C2=C1C(C)(C)c1ccccc12. The Morgan fingerprint density at radius 2 is 1.17 bits per heavy atom. The predicted molar refractivity (Wildman–Crippen MR) is 248 cm³/mol. The molecule has 4 unspecified atom stereocenters. The summed E-state index contributed by atoms with van der Waals surface area (Å²) in [7, 11) is 0. The molecule has 0 amide bonds. The van der Waals surface area contributed by atoms with Crippen molar-refractivity contribution in [2.24, 2.45) is 5.92 Å². The second-order valence-corrected chi connectivity index (χ2v) is 20.5. The van der Waals surface area contributed by atoms with Crippen LogP contribution in [0.2, 0.25) is 0 Å². The molecular formula is C58H57N. The van der Waals surface area contributed by atoms with Gasteiger partial charge in [0.15, 0.2) is 0 Å². The molecule has 6 aromatic rings. The van der Waals surface area contributed by atoms with E-state index < -0.39 is 5.54 Å². The fourth-order valence-corrected chi connectivity index (χ4v) is 14.7. The Morgan fingerprint density at radius 1 is 0.525 bits per heavy atom. The quantitative estimate of drug-likeness (QED) is 0.159. The minimum Gasteiger partial charge on any atom is -0.327 e. The molecule has 4 atom stereocenters. The van der Waals surface area contributed by atoms with Crippen molar-refractivity contribution >= 4 is 27.7 Å². The maximum atomic E-state index is 2.87. The van der Waals surface area contributed by atoms with E-state index in [0.29, 0.717) is 17.8 Å². The summed E-state index contributed by atoms with van der Waals surface area (Å²) in [5.41, 5.74) is 22.5. The number of allylic oxidation sites excluding steroid dienone is 2. The lowest BCUT2D eigenvalue weighted by Crippen LogP contribution is -2.60. The summed E-state index contributed by atoms with van der Waals surface area (Å²) in [6, 6.07) is 48.1. The van der Waals surface area contributed by atoms with Crippen molar-refractivity contribution in [3.8, 4) is 11.1 Å². The largest absolute Gasteiger partial charge is 0.327 e. The highest BCUT2D eigenvalue weighted by Gasteiger charge is 2.64. The van der Waals surface area contributed by atoms with E-state index in [0.717, 1.165) is 0 Å². The van der Waals surface area contributed by atoms with Crippen LogP contribution in [0.4, 0.5) is 11.4 Å². The van der Waals surface area contributed by atoms with E-state index in [4.69, 9.17) is 0 Å². The molecule has 0 bridgehead atoms. The summed E-state index contributed by atoms with van der Waals surface area (Å²) >= 11 is 0. The molecule has 0 radical (unpaired) electrons. The average Bonchev–Trinajstić information content (AvgIpc) is 3.64. The van der Waals surface area contributed by atoms with E-state index in [1.165, 1.54) is 110 Å². The summed E-state index contributed by atoms with van der Waals surface area (Å²) in [6.45, 7) is 20.3. The van der Waals surface area contributed by atoms with Crippen molar-refractivity contribution < 1.29 is 0 Å². The highest BCUT2D eigenvalue weighted by Crippen LogP contribution is 2.72. The van der Waals surface area contributed by atoms with Crippen molar-refractivity contribution in [3.63, 3.8) is 0 Å². The third-order valence-corrected chi connectivity index (χ3v) is 17.0. The highest BCUT2D eigenvalue weighted by molar-refractivity contribution is 6.04. The third kappa shape index (κ3) is 4.23. The maximum absolute atomic E-state index is 2.87. The number of nitrogens with zero attached hydrogens (tertiary/aromatic N) is 1. The topological polar surface area (TPSA) is 3.24 Å². The lowest BCUT2D eigenvalue weighted by atomic mass is 9.48. The molecule has 1 heteroatoms. The van der Waals surface area contributed by atoms with Gasteiger partial charge in [0.1, 0.15) is 0 Å². The van der Waals surface area contributed by atoms with Crippen LogP contribution in [0.1, 0.15) is 144 Å². The molecule has 0 spiro atoms. The van der Waals surface area contributed by atoms with Gasteiger partial charge < -0.3 is 4.90 Å². The number of benzene rings is 6. The summed E-state index contributed by atoms with van der Waals surface area (Å²) in [6.07, 6.45) is 6.63. The van der Waals surface area contributed by atoms with Gasteiger partial charge in [-0.3, -0.25) is 0 Å². The minimum atomic E-state index is -0.469. The fourth-order valence-electron chi connectivity index (χ4n) is 14.7. The molecule has 1 fully saturated rings. The smallest absolute Gasteiger partial charge is 0.0908 e. The van der Waals surface area contributed by atoms with Gasteiger partial charge in [0.25, 0.3) is 0 Å². The van der Waals surface area contributed by atoms with Crippen LogP contribution in [0.5, 0.6) is 0 Å². The van der Waals surface area contributed by atoms with Crippen LogP contribution in [-0.4, -0.2) is 5.54 Å². The Morgan fingerprint density at radius 3 is 1.93 bits per heavy atom. The first-order valence-electron chi connectivity index (χ1n) is 22.7. The van der Waals surface area contributed by atoms with Gasteiger partial charge in [-0.05, 0) is 134 Å². The Balaban J connectivity index is 1.25. The lowest BCUT2D eigenvalue weighted by Gasteiger charge is -2.62. The first-order chi connectivity index (χ1) is 28.4. The normalized spacial score (nSPS) is 26.8. The molecule has 0 aromatic heterocycles. The van der Waals surface area contributed by atoms with E-state index in [1.54, 1.807) is 22.3 Å². The number of rotatable bonds is 2. The average molecular weight is 768 g/mol. The molecule has 1 saturated carbocycles. The number of fused-ring (bicyclic) bond motifs is 12. The molecule has 0 saturated heterocycles. The summed E-state index contributed by atoms with van der Waals surface area (Å²) in [5.74, 6) is 1.21. The monoisotopic (exact) mass is 767 g/mol. The molecule has 1 nitrogen and oxygen atoms in total. The zero-order valence-electron chi connectivity index (χ0n) is 36.3. The molecule has 6 aromatic carbocycles. The Bertz CT molecular complexity index is 2890. The van der Waals surface area contributed by atoms with Gasteiger partial charge in [0, 0.05) is 39.5 Å².